The lowest BCUT2D eigenvalue weighted by atomic mass is 10.2. The number of ether oxygens (including phenoxy) is 1. The van der Waals surface area contributed by atoms with Gasteiger partial charge in [0, 0.05) is 17.5 Å². The molecule has 0 radical (unpaired) electrons. The summed E-state index contributed by atoms with van der Waals surface area (Å²) < 4.78 is 18.0. The second-order valence-corrected chi connectivity index (χ2v) is 5.85. The summed E-state index contributed by atoms with van der Waals surface area (Å²) in [6.07, 6.45) is -1.01. The molecule has 23 heavy (non-hydrogen) atoms. The van der Waals surface area contributed by atoms with E-state index in [2.05, 4.69) is 4.98 Å². The number of halogens is 1. The van der Waals surface area contributed by atoms with Gasteiger partial charge in [-0.15, -0.1) is 11.3 Å². The number of hydrogen-bond donors (Lipinski definition) is 1. The van der Waals surface area contributed by atoms with E-state index < -0.39 is 12.1 Å². The molecule has 0 unspecified atom stereocenters. The number of amides is 1. The van der Waals surface area contributed by atoms with Crippen molar-refractivity contribution in [2.75, 3.05) is 19.7 Å². The number of carbonyl (C=O) groups is 2. The predicted octanol–water partition coefficient (Wildman–Crippen LogP) is 1.87. The number of aliphatic carboxylic acids is 1. The van der Waals surface area contributed by atoms with Crippen molar-refractivity contribution in [3.05, 3.63) is 41.2 Å². The number of aromatic nitrogens is 1. The van der Waals surface area contributed by atoms with E-state index in [9.17, 15) is 14.0 Å². The highest BCUT2D eigenvalue weighted by atomic mass is 32.1. The first-order valence-corrected chi connectivity index (χ1v) is 7.77. The maximum absolute atomic E-state index is 12.9. The van der Waals surface area contributed by atoms with Crippen molar-refractivity contribution in [2.45, 2.75) is 6.10 Å². The first kappa shape index (κ1) is 15.6. The molecular formula is C15H13FN2O4S. The summed E-state index contributed by atoms with van der Waals surface area (Å²) in [6, 6.07) is 5.85. The van der Waals surface area contributed by atoms with Gasteiger partial charge in [0.1, 0.15) is 16.5 Å². The van der Waals surface area contributed by atoms with Crippen molar-refractivity contribution in [1.29, 1.82) is 0 Å². The molecule has 0 bridgehead atoms. The van der Waals surface area contributed by atoms with Crippen LogP contribution in [-0.4, -0.2) is 52.7 Å². The molecule has 1 aliphatic heterocycles. The van der Waals surface area contributed by atoms with Gasteiger partial charge >= 0.3 is 5.97 Å². The lowest BCUT2D eigenvalue weighted by Crippen LogP contribution is -2.48. The fourth-order valence-electron chi connectivity index (χ4n) is 2.24. The van der Waals surface area contributed by atoms with Gasteiger partial charge in [-0.05, 0) is 24.3 Å². The third-order valence-corrected chi connectivity index (χ3v) is 4.33. The molecule has 3 rings (SSSR count). The van der Waals surface area contributed by atoms with Crippen molar-refractivity contribution in [3.8, 4) is 10.6 Å². The minimum absolute atomic E-state index is 0.00241. The lowest BCUT2D eigenvalue weighted by molar-refractivity contribution is -0.154. The molecule has 2 aromatic rings. The Morgan fingerprint density at radius 1 is 1.35 bits per heavy atom. The number of hydrogen-bond acceptors (Lipinski definition) is 5. The van der Waals surface area contributed by atoms with E-state index in [1.165, 1.54) is 28.4 Å². The molecule has 1 N–H and O–H groups in total. The van der Waals surface area contributed by atoms with Crippen LogP contribution < -0.4 is 0 Å². The average Bonchev–Trinajstić information content (AvgIpc) is 3.05. The number of carboxylic acids is 1. The smallest absolute Gasteiger partial charge is 0.334 e. The van der Waals surface area contributed by atoms with Gasteiger partial charge in [-0.3, -0.25) is 4.79 Å². The molecule has 6 nitrogen and oxygen atoms in total. The number of morpholine rings is 1. The predicted molar refractivity (Wildman–Crippen MR) is 80.8 cm³/mol. The quantitative estimate of drug-likeness (QED) is 0.926. The molecule has 8 heteroatoms. The molecular weight excluding hydrogens is 323 g/mol. The Labute approximate surface area is 135 Å². The Bertz CT molecular complexity index is 731. The number of benzene rings is 1. The van der Waals surface area contributed by atoms with E-state index in [0.29, 0.717) is 11.6 Å². The van der Waals surface area contributed by atoms with Crippen molar-refractivity contribution >= 4 is 23.2 Å². The molecule has 1 atom stereocenters. The van der Waals surface area contributed by atoms with Crippen LogP contribution in [0.5, 0.6) is 0 Å². The molecule has 2 heterocycles. The zero-order valence-corrected chi connectivity index (χ0v) is 12.8. The van der Waals surface area contributed by atoms with Crippen LogP contribution >= 0.6 is 11.3 Å². The summed E-state index contributed by atoms with van der Waals surface area (Å²) >= 11 is 1.28. The van der Waals surface area contributed by atoms with E-state index in [-0.39, 0.29) is 30.6 Å². The maximum atomic E-state index is 12.9. The van der Waals surface area contributed by atoms with Crippen LogP contribution in [0.15, 0.2) is 29.6 Å². The highest BCUT2D eigenvalue weighted by Gasteiger charge is 2.30. The zero-order chi connectivity index (χ0) is 16.4. The monoisotopic (exact) mass is 336 g/mol. The zero-order valence-electron chi connectivity index (χ0n) is 11.9. The minimum Gasteiger partial charge on any atom is -0.479 e. The topological polar surface area (TPSA) is 79.7 Å². The molecule has 1 aromatic heterocycles. The summed E-state index contributed by atoms with van der Waals surface area (Å²) in [7, 11) is 0. The number of carboxylic acid groups (broad SMARTS) is 1. The number of nitrogens with zero attached hydrogens (tertiary/aromatic N) is 2. The first-order chi connectivity index (χ1) is 11.0. The molecule has 1 aromatic carbocycles. The Kier molecular flexibility index (Phi) is 4.35. The third-order valence-electron chi connectivity index (χ3n) is 3.44. The minimum atomic E-state index is -1.09. The summed E-state index contributed by atoms with van der Waals surface area (Å²) in [5.74, 6) is -1.76. The normalized spacial score (nSPS) is 18.0. The van der Waals surface area contributed by atoms with Crippen LogP contribution in [0.2, 0.25) is 0 Å². The maximum Gasteiger partial charge on any atom is 0.334 e. The highest BCUT2D eigenvalue weighted by Crippen LogP contribution is 2.24. The third kappa shape index (κ3) is 3.38. The second kappa shape index (κ2) is 6.43. The first-order valence-electron chi connectivity index (χ1n) is 6.90. The van der Waals surface area contributed by atoms with E-state index in [4.69, 9.17) is 9.84 Å². The summed E-state index contributed by atoms with van der Waals surface area (Å²) in [5.41, 5.74) is 0.973. The summed E-state index contributed by atoms with van der Waals surface area (Å²) in [5, 5.41) is 11.2. The molecule has 0 spiro atoms. The van der Waals surface area contributed by atoms with Crippen LogP contribution in [0.3, 0.4) is 0 Å². The van der Waals surface area contributed by atoms with Crippen LogP contribution in [0.4, 0.5) is 4.39 Å². The second-order valence-electron chi connectivity index (χ2n) is 4.99. The SMILES string of the molecule is O=C(O)[C@H]1CN(C(=O)c2csc(-c3ccc(F)cc3)n2)CCO1. The number of carbonyl (C=O) groups excluding carboxylic acids is 1. The van der Waals surface area contributed by atoms with Gasteiger partial charge < -0.3 is 14.7 Å². The van der Waals surface area contributed by atoms with Gasteiger partial charge in [0.15, 0.2) is 6.10 Å². The van der Waals surface area contributed by atoms with Crippen molar-refractivity contribution in [2.24, 2.45) is 0 Å². The van der Waals surface area contributed by atoms with Crippen LogP contribution in [0.1, 0.15) is 10.5 Å². The molecule has 120 valence electrons. The summed E-state index contributed by atoms with van der Waals surface area (Å²) in [6.45, 7) is 0.501. The lowest BCUT2D eigenvalue weighted by Gasteiger charge is -2.30. The molecule has 1 amide bonds. The Hall–Kier alpha value is -2.32. The van der Waals surface area contributed by atoms with Crippen molar-refractivity contribution in [1.82, 2.24) is 9.88 Å². The standard InChI is InChI=1S/C15H13FN2O4S/c16-10-3-1-9(2-4-10)13-17-11(8-23-13)14(19)18-5-6-22-12(7-18)15(20)21/h1-4,8,12H,5-7H2,(H,20,21)/t12-/m1/s1. The average molecular weight is 336 g/mol. The van der Waals surface area contributed by atoms with Gasteiger partial charge in [0.2, 0.25) is 0 Å². The number of rotatable bonds is 3. The largest absolute Gasteiger partial charge is 0.479 e. The molecule has 1 aliphatic rings. The fraction of sp³-hybridized carbons (Fsp3) is 0.267. The van der Waals surface area contributed by atoms with Crippen LogP contribution in [0.25, 0.3) is 10.6 Å². The number of thiazole rings is 1. The molecule has 0 saturated carbocycles. The van der Waals surface area contributed by atoms with E-state index in [1.807, 2.05) is 0 Å². The van der Waals surface area contributed by atoms with Gasteiger partial charge in [0.05, 0.1) is 13.2 Å². The van der Waals surface area contributed by atoms with Crippen molar-refractivity contribution in [3.63, 3.8) is 0 Å². The van der Waals surface area contributed by atoms with E-state index in [1.54, 1.807) is 17.5 Å². The molecule has 1 fully saturated rings. The Morgan fingerprint density at radius 3 is 2.78 bits per heavy atom. The fourth-order valence-corrected chi connectivity index (χ4v) is 3.04. The Balaban J connectivity index is 1.75. The van der Waals surface area contributed by atoms with Crippen LogP contribution in [0, 0.1) is 5.82 Å². The molecule has 0 aliphatic carbocycles. The van der Waals surface area contributed by atoms with E-state index >= 15 is 0 Å². The van der Waals surface area contributed by atoms with Gasteiger partial charge in [0.25, 0.3) is 5.91 Å². The summed E-state index contributed by atoms with van der Waals surface area (Å²) in [4.78, 5) is 29.1. The molecule has 1 saturated heterocycles. The van der Waals surface area contributed by atoms with Crippen LogP contribution in [-0.2, 0) is 9.53 Å². The van der Waals surface area contributed by atoms with Gasteiger partial charge in [-0.2, -0.15) is 0 Å². The van der Waals surface area contributed by atoms with Gasteiger partial charge in [-0.1, -0.05) is 0 Å². The Morgan fingerprint density at radius 2 is 2.09 bits per heavy atom. The van der Waals surface area contributed by atoms with E-state index in [0.717, 1.165) is 5.56 Å². The van der Waals surface area contributed by atoms with Crippen molar-refractivity contribution < 1.29 is 23.8 Å². The van der Waals surface area contributed by atoms with Gasteiger partial charge in [-0.25, -0.2) is 14.2 Å². The highest BCUT2D eigenvalue weighted by molar-refractivity contribution is 7.13.